The molecule has 0 aliphatic rings. The predicted octanol–water partition coefficient (Wildman–Crippen LogP) is 2.23. The summed E-state index contributed by atoms with van der Waals surface area (Å²) in [5.74, 6) is -1.55. The van der Waals surface area contributed by atoms with Crippen LogP contribution >= 0.6 is 0 Å². The summed E-state index contributed by atoms with van der Waals surface area (Å²) in [6, 6.07) is 8.31. The fourth-order valence-electron chi connectivity index (χ4n) is 2.94. The Bertz CT molecular complexity index is 1130. The lowest BCUT2D eigenvalue weighted by atomic mass is 10.1. The lowest BCUT2D eigenvalue weighted by Gasteiger charge is -2.18. The van der Waals surface area contributed by atoms with Crippen LogP contribution in [0.3, 0.4) is 0 Å². The number of nitrogens with zero attached hydrogens (tertiary/aromatic N) is 1. The van der Waals surface area contributed by atoms with Crippen molar-refractivity contribution in [1.82, 2.24) is 4.31 Å². The molecule has 1 N–H and O–H groups in total. The molecule has 0 aliphatic carbocycles. The van der Waals surface area contributed by atoms with Gasteiger partial charge in [-0.2, -0.15) is 4.31 Å². The zero-order valence-corrected chi connectivity index (χ0v) is 19.8. The SMILES string of the molecule is CCOc1ccc(S(=O)(=O)N(C)CC(=O)Nc2cc(C(=O)OC)cc(C(=O)OC)c2)cc1C. The van der Waals surface area contributed by atoms with E-state index < -0.39 is 34.4 Å². The molecule has 0 saturated heterocycles. The Morgan fingerprint density at radius 1 is 0.970 bits per heavy atom. The molecule has 0 bridgehead atoms. The number of rotatable bonds is 9. The highest BCUT2D eigenvalue weighted by Gasteiger charge is 2.24. The zero-order chi connectivity index (χ0) is 24.8. The van der Waals surface area contributed by atoms with Crippen LogP contribution in [0.2, 0.25) is 0 Å². The number of carbonyl (C=O) groups is 3. The average Bonchev–Trinajstić information content (AvgIpc) is 2.78. The van der Waals surface area contributed by atoms with Gasteiger partial charge in [-0.25, -0.2) is 18.0 Å². The second-order valence-corrected chi connectivity index (χ2v) is 9.00. The van der Waals surface area contributed by atoms with Crippen molar-refractivity contribution < 1.29 is 37.0 Å². The minimum Gasteiger partial charge on any atom is -0.494 e. The van der Waals surface area contributed by atoms with Crippen LogP contribution < -0.4 is 10.1 Å². The molecule has 0 saturated carbocycles. The molecule has 2 aromatic carbocycles. The number of nitrogens with one attached hydrogen (secondary N) is 1. The van der Waals surface area contributed by atoms with Gasteiger partial charge in [0.05, 0.1) is 43.4 Å². The third-order valence-electron chi connectivity index (χ3n) is 4.58. The molecule has 0 atom stereocenters. The first-order valence-electron chi connectivity index (χ1n) is 9.84. The molecule has 178 valence electrons. The van der Waals surface area contributed by atoms with Gasteiger partial charge < -0.3 is 19.5 Å². The summed E-state index contributed by atoms with van der Waals surface area (Å²) in [6.45, 7) is 3.49. The van der Waals surface area contributed by atoms with Gasteiger partial charge in [-0.3, -0.25) is 4.79 Å². The number of amides is 1. The van der Waals surface area contributed by atoms with Gasteiger partial charge in [0.1, 0.15) is 5.75 Å². The van der Waals surface area contributed by atoms with Crippen molar-refractivity contribution in [2.24, 2.45) is 0 Å². The van der Waals surface area contributed by atoms with E-state index in [1.165, 1.54) is 51.6 Å². The normalized spacial score (nSPS) is 11.1. The number of anilines is 1. The quantitative estimate of drug-likeness (QED) is 0.544. The Balaban J connectivity index is 2.22. The van der Waals surface area contributed by atoms with Crippen molar-refractivity contribution in [1.29, 1.82) is 0 Å². The van der Waals surface area contributed by atoms with E-state index in [1.807, 2.05) is 6.92 Å². The van der Waals surface area contributed by atoms with E-state index in [4.69, 9.17) is 4.74 Å². The van der Waals surface area contributed by atoms with Crippen LogP contribution in [-0.2, 0) is 24.3 Å². The summed E-state index contributed by atoms with van der Waals surface area (Å²) < 4.78 is 41.4. The van der Waals surface area contributed by atoms with E-state index in [9.17, 15) is 22.8 Å². The van der Waals surface area contributed by atoms with Crippen LogP contribution in [0.1, 0.15) is 33.2 Å². The molecule has 2 rings (SSSR count). The highest BCUT2D eigenvalue weighted by Crippen LogP contribution is 2.24. The molecular formula is C22H26N2O8S. The van der Waals surface area contributed by atoms with Crippen molar-refractivity contribution in [3.8, 4) is 5.75 Å². The Morgan fingerprint density at radius 3 is 2.03 bits per heavy atom. The van der Waals surface area contributed by atoms with Crippen LogP contribution in [0.4, 0.5) is 5.69 Å². The molecule has 1 amide bonds. The summed E-state index contributed by atoms with van der Waals surface area (Å²) in [7, 11) is -0.345. The maximum absolute atomic E-state index is 12.9. The maximum atomic E-state index is 12.9. The fourth-order valence-corrected chi connectivity index (χ4v) is 4.15. The Morgan fingerprint density at radius 2 is 1.55 bits per heavy atom. The second-order valence-electron chi connectivity index (χ2n) is 6.95. The van der Waals surface area contributed by atoms with Crippen molar-refractivity contribution in [3.05, 3.63) is 53.1 Å². The molecular weight excluding hydrogens is 452 g/mol. The molecule has 0 heterocycles. The number of carbonyl (C=O) groups excluding carboxylic acids is 3. The smallest absolute Gasteiger partial charge is 0.337 e. The number of likely N-dealkylation sites (N-methyl/N-ethyl adjacent to an activating group) is 1. The van der Waals surface area contributed by atoms with Crippen LogP contribution in [-0.4, -0.2) is 65.0 Å². The summed E-state index contributed by atoms with van der Waals surface area (Å²) in [5, 5.41) is 2.49. The first-order valence-corrected chi connectivity index (χ1v) is 11.3. The Labute approximate surface area is 192 Å². The van der Waals surface area contributed by atoms with Crippen molar-refractivity contribution in [3.63, 3.8) is 0 Å². The van der Waals surface area contributed by atoms with Gasteiger partial charge in [0.15, 0.2) is 0 Å². The standard InChI is InChI=1S/C22H26N2O8S/c1-6-32-19-8-7-18(9-14(19)2)33(28,29)24(3)13-20(25)23-17-11-15(21(26)30-4)10-16(12-17)22(27)31-5/h7-12H,6,13H2,1-5H3,(H,23,25). The van der Waals surface area contributed by atoms with Gasteiger partial charge in [-0.1, -0.05) is 0 Å². The molecule has 11 heteroatoms. The van der Waals surface area contributed by atoms with E-state index in [-0.39, 0.29) is 21.7 Å². The maximum Gasteiger partial charge on any atom is 0.337 e. The minimum absolute atomic E-state index is 0.0134. The highest BCUT2D eigenvalue weighted by molar-refractivity contribution is 7.89. The zero-order valence-electron chi connectivity index (χ0n) is 19.0. The van der Waals surface area contributed by atoms with Crippen LogP contribution in [0.15, 0.2) is 41.3 Å². The van der Waals surface area contributed by atoms with E-state index in [2.05, 4.69) is 14.8 Å². The minimum atomic E-state index is -3.96. The number of esters is 2. The van der Waals surface area contributed by atoms with E-state index in [0.717, 1.165) is 4.31 Å². The van der Waals surface area contributed by atoms with Gasteiger partial charge >= 0.3 is 11.9 Å². The number of aryl methyl sites for hydroxylation is 1. The third-order valence-corrected chi connectivity index (χ3v) is 6.38. The summed E-state index contributed by atoms with van der Waals surface area (Å²) >= 11 is 0. The molecule has 0 unspecified atom stereocenters. The molecule has 0 aromatic heterocycles. The monoisotopic (exact) mass is 478 g/mol. The van der Waals surface area contributed by atoms with Crippen LogP contribution in [0.5, 0.6) is 5.75 Å². The largest absolute Gasteiger partial charge is 0.494 e. The van der Waals surface area contributed by atoms with Gasteiger partial charge in [-0.15, -0.1) is 0 Å². The second kappa shape index (κ2) is 10.9. The molecule has 0 spiro atoms. The van der Waals surface area contributed by atoms with Crippen molar-refractivity contribution in [2.75, 3.05) is 39.7 Å². The first-order chi connectivity index (χ1) is 15.5. The number of ether oxygens (including phenoxy) is 3. The predicted molar refractivity (Wildman–Crippen MR) is 120 cm³/mol. The topological polar surface area (TPSA) is 128 Å². The van der Waals surface area contributed by atoms with E-state index in [0.29, 0.717) is 17.9 Å². The van der Waals surface area contributed by atoms with Gasteiger partial charge in [0, 0.05) is 12.7 Å². The van der Waals surface area contributed by atoms with Gasteiger partial charge in [0.2, 0.25) is 15.9 Å². The number of sulfonamides is 1. The van der Waals surface area contributed by atoms with E-state index >= 15 is 0 Å². The molecule has 0 aliphatic heterocycles. The molecule has 0 radical (unpaired) electrons. The number of benzene rings is 2. The Hall–Kier alpha value is -3.44. The molecule has 10 nitrogen and oxygen atoms in total. The number of hydrogen-bond acceptors (Lipinski definition) is 8. The number of methoxy groups -OCH3 is 2. The van der Waals surface area contributed by atoms with Gasteiger partial charge in [0.25, 0.3) is 0 Å². The molecule has 2 aromatic rings. The number of hydrogen-bond donors (Lipinski definition) is 1. The summed E-state index contributed by atoms with van der Waals surface area (Å²) in [5.41, 5.74) is 0.778. The van der Waals surface area contributed by atoms with Crippen molar-refractivity contribution in [2.45, 2.75) is 18.7 Å². The lowest BCUT2D eigenvalue weighted by Crippen LogP contribution is -2.35. The van der Waals surface area contributed by atoms with Crippen molar-refractivity contribution >= 4 is 33.6 Å². The summed E-state index contributed by atoms with van der Waals surface area (Å²) in [6.07, 6.45) is 0. The highest BCUT2D eigenvalue weighted by atomic mass is 32.2. The Kier molecular flexibility index (Phi) is 8.55. The fraction of sp³-hybridized carbons (Fsp3) is 0.318. The first kappa shape index (κ1) is 25.8. The average molecular weight is 479 g/mol. The van der Waals surface area contributed by atoms with Crippen LogP contribution in [0, 0.1) is 6.92 Å². The summed E-state index contributed by atoms with van der Waals surface area (Å²) in [4.78, 5) is 36.3. The van der Waals surface area contributed by atoms with Crippen LogP contribution in [0.25, 0.3) is 0 Å². The molecule has 33 heavy (non-hydrogen) atoms. The molecule has 0 fully saturated rings. The van der Waals surface area contributed by atoms with Gasteiger partial charge in [-0.05, 0) is 55.8 Å². The lowest BCUT2D eigenvalue weighted by molar-refractivity contribution is -0.116. The third kappa shape index (κ3) is 6.30. The van der Waals surface area contributed by atoms with E-state index in [1.54, 1.807) is 13.0 Å².